The van der Waals surface area contributed by atoms with Crippen LogP contribution >= 0.6 is 0 Å². The topological polar surface area (TPSA) is 75.6 Å². The van der Waals surface area contributed by atoms with E-state index in [1.807, 2.05) is 17.8 Å². The van der Waals surface area contributed by atoms with Crippen LogP contribution in [-0.4, -0.2) is 32.4 Å². The van der Waals surface area contributed by atoms with Crippen molar-refractivity contribution in [2.24, 2.45) is 0 Å². The van der Waals surface area contributed by atoms with Gasteiger partial charge in [0.05, 0.1) is 18.9 Å². The van der Waals surface area contributed by atoms with Crippen LogP contribution in [0, 0.1) is 6.92 Å². The van der Waals surface area contributed by atoms with E-state index in [1.165, 1.54) is 0 Å². The highest BCUT2D eigenvalue weighted by Gasteiger charge is 2.02. The number of aromatic amines is 1. The maximum absolute atomic E-state index is 11.6. The van der Waals surface area contributed by atoms with E-state index >= 15 is 0 Å². The lowest BCUT2D eigenvalue weighted by molar-refractivity contribution is -0.121. The number of amides is 1. The van der Waals surface area contributed by atoms with Crippen LogP contribution in [0.15, 0.2) is 24.8 Å². The van der Waals surface area contributed by atoms with E-state index in [0.717, 1.165) is 11.1 Å². The molecule has 2 aromatic heterocycles. The third kappa shape index (κ3) is 3.73. The third-order valence-corrected chi connectivity index (χ3v) is 2.62. The predicted molar refractivity (Wildman–Crippen MR) is 66.9 cm³/mol. The number of nitrogens with zero attached hydrogens (tertiary/aromatic N) is 3. The Bertz CT molecular complexity index is 488. The van der Waals surface area contributed by atoms with E-state index in [4.69, 9.17) is 0 Å². The molecule has 0 aliphatic rings. The molecule has 2 heterocycles. The smallest absolute Gasteiger partial charge is 0.220 e. The summed E-state index contributed by atoms with van der Waals surface area (Å²) in [6.07, 6.45) is 8.50. The molecule has 6 nitrogen and oxygen atoms in total. The first-order chi connectivity index (χ1) is 8.74. The molecule has 18 heavy (non-hydrogen) atoms. The van der Waals surface area contributed by atoms with Crippen LogP contribution < -0.4 is 5.32 Å². The van der Waals surface area contributed by atoms with Crippen molar-refractivity contribution in [2.45, 2.75) is 26.3 Å². The van der Waals surface area contributed by atoms with Crippen LogP contribution in [0.3, 0.4) is 0 Å². The number of carbonyl (C=O) groups is 1. The van der Waals surface area contributed by atoms with Crippen molar-refractivity contribution in [3.63, 3.8) is 0 Å². The van der Waals surface area contributed by atoms with Gasteiger partial charge in [-0.15, -0.1) is 0 Å². The average molecular weight is 247 g/mol. The number of rotatable bonds is 6. The molecule has 0 saturated carbocycles. The summed E-state index contributed by atoms with van der Waals surface area (Å²) in [5.41, 5.74) is 2.18. The van der Waals surface area contributed by atoms with Gasteiger partial charge in [-0.05, 0) is 24.5 Å². The van der Waals surface area contributed by atoms with Crippen molar-refractivity contribution in [1.29, 1.82) is 0 Å². The minimum Gasteiger partial charge on any atom is -0.354 e. The van der Waals surface area contributed by atoms with Crippen molar-refractivity contribution >= 4 is 5.91 Å². The lowest BCUT2D eigenvalue weighted by atomic mass is 10.2. The van der Waals surface area contributed by atoms with Gasteiger partial charge in [-0.2, -0.15) is 10.2 Å². The number of carbonyl (C=O) groups excluding carboxylic acids is 1. The Morgan fingerprint density at radius 3 is 3.06 bits per heavy atom. The first-order valence-corrected chi connectivity index (χ1v) is 5.97. The van der Waals surface area contributed by atoms with Crippen molar-refractivity contribution in [3.8, 4) is 0 Å². The predicted octanol–water partition coefficient (Wildman–Crippen LogP) is 0.664. The van der Waals surface area contributed by atoms with Crippen molar-refractivity contribution in [1.82, 2.24) is 25.3 Å². The van der Waals surface area contributed by atoms with E-state index in [1.54, 1.807) is 18.6 Å². The van der Waals surface area contributed by atoms with Gasteiger partial charge in [0.25, 0.3) is 0 Å². The molecule has 0 radical (unpaired) electrons. The van der Waals surface area contributed by atoms with E-state index < -0.39 is 0 Å². The second-order valence-corrected chi connectivity index (χ2v) is 4.24. The summed E-state index contributed by atoms with van der Waals surface area (Å²) in [4.78, 5) is 11.6. The molecule has 2 rings (SSSR count). The zero-order chi connectivity index (χ0) is 12.8. The fourth-order valence-corrected chi connectivity index (χ4v) is 1.66. The van der Waals surface area contributed by atoms with Gasteiger partial charge in [0.2, 0.25) is 5.91 Å². The normalized spacial score (nSPS) is 10.5. The summed E-state index contributed by atoms with van der Waals surface area (Å²) >= 11 is 0. The fourth-order valence-electron chi connectivity index (χ4n) is 1.66. The van der Waals surface area contributed by atoms with Crippen LogP contribution in [0.4, 0.5) is 0 Å². The van der Waals surface area contributed by atoms with Gasteiger partial charge in [-0.1, -0.05) is 0 Å². The number of hydrogen-bond acceptors (Lipinski definition) is 3. The summed E-state index contributed by atoms with van der Waals surface area (Å²) in [5, 5.41) is 13.6. The maximum atomic E-state index is 11.6. The molecular formula is C12H17N5O. The van der Waals surface area contributed by atoms with Gasteiger partial charge in [-0.25, -0.2) is 0 Å². The molecule has 0 atom stereocenters. The number of H-pyrrole nitrogens is 1. The Morgan fingerprint density at radius 1 is 1.50 bits per heavy atom. The van der Waals surface area contributed by atoms with Gasteiger partial charge in [-0.3, -0.25) is 14.6 Å². The van der Waals surface area contributed by atoms with Gasteiger partial charge >= 0.3 is 0 Å². The molecule has 0 spiro atoms. The summed E-state index contributed by atoms with van der Waals surface area (Å²) < 4.78 is 1.83. The SMILES string of the molecule is Cc1cnn(CCNC(=O)CCc2cn[nH]c2)c1. The number of aromatic nitrogens is 4. The number of nitrogens with one attached hydrogen (secondary N) is 2. The molecule has 96 valence electrons. The maximum Gasteiger partial charge on any atom is 0.220 e. The first kappa shape index (κ1) is 12.3. The number of hydrogen-bond donors (Lipinski definition) is 2. The molecule has 0 fully saturated rings. The molecule has 2 N–H and O–H groups in total. The zero-order valence-corrected chi connectivity index (χ0v) is 10.4. The highest BCUT2D eigenvalue weighted by molar-refractivity contribution is 5.76. The van der Waals surface area contributed by atoms with Crippen LogP contribution in [-0.2, 0) is 17.8 Å². The Labute approximate surface area is 105 Å². The quantitative estimate of drug-likeness (QED) is 0.787. The van der Waals surface area contributed by atoms with Crippen molar-refractivity contribution in [3.05, 3.63) is 35.9 Å². The van der Waals surface area contributed by atoms with E-state index in [2.05, 4.69) is 20.6 Å². The zero-order valence-electron chi connectivity index (χ0n) is 10.4. The molecule has 0 aliphatic heterocycles. The Hall–Kier alpha value is -2.11. The van der Waals surface area contributed by atoms with E-state index in [-0.39, 0.29) is 5.91 Å². The Kier molecular flexibility index (Phi) is 4.11. The van der Waals surface area contributed by atoms with Gasteiger partial charge in [0.1, 0.15) is 0 Å². The molecule has 0 saturated heterocycles. The fraction of sp³-hybridized carbons (Fsp3) is 0.417. The third-order valence-electron chi connectivity index (χ3n) is 2.62. The lowest BCUT2D eigenvalue weighted by Gasteiger charge is -2.04. The lowest BCUT2D eigenvalue weighted by Crippen LogP contribution is -2.27. The monoisotopic (exact) mass is 247 g/mol. The Balaban J connectivity index is 1.63. The molecule has 0 unspecified atom stereocenters. The van der Waals surface area contributed by atoms with Crippen LogP contribution in [0.25, 0.3) is 0 Å². The van der Waals surface area contributed by atoms with Gasteiger partial charge < -0.3 is 5.32 Å². The summed E-state index contributed by atoms with van der Waals surface area (Å²) in [6.45, 7) is 3.30. The largest absolute Gasteiger partial charge is 0.354 e. The Morgan fingerprint density at radius 2 is 2.39 bits per heavy atom. The summed E-state index contributed by atoms with van der Waals surface area (Å²) in [6, 6.07) is 0. The first-order valence-electron chi connectivity index (χ1n) is 5.97. The highest BCUT2D eigenvalue weighted by Crippen LogP contribution is 1.98. The standard InChI is InChI=1S/C12H17N5O/c1-10-6-16-17(9-10)5-4-13-12(18)3-2-11-7-14-15-8-11/h6-9H,2-5H2,1H3,(H,13,18)(H,14,15). The molecule has 0 bridgehead atoms. The highest BCUT2D eigenvalue weighted by atomic mass is 16.1. The minimum absolute atomic E-state index is 0.0556. The summed E-state index contributed by atoms with van der Waals surface area (Å²) in [7, 11) is 0. The molecule has 1 amide bonds. The van der Waals surface area contributed by atoms with E-state index in [0.29, 0.717) is 25.9 Å². The molecular weight excluding hydrogens is 230 g/mol. The molecule has 6 heteroatoms. The minimum atomic E-state index is 0.0556. The van der Waals surface area contributed by atoms with Gasteiger partial charge in [0.15, 0.2) is 0 Å². The van der Waals surface area contributed by atoms with E-state index in [9.17, 15) is 4.79 Å². The van der Waals surface area contributed by atoms with Crippen LogP contribution in [0.1, 0.15) is 17.5 Å². The molecule has 0 aromatic carbocycles. The molecule has 2 aromatic rings. The summed E-state index contributed by atoms with van der Waals surface area (Å²) in [5.74, 6) is 0.0556. The van der Waals surface area contributed by atoms with Crippen LogP contribution in [0.2, 0.25) is 0 Å². The van der Waals surface area contributed by atoms with Crippen molar-refractivity contribution < 1.29 is 4.79 Å². The second kappa shape index (κ2) is 6.00. The van der Waals surface area contributed by atoms with Crippen molar-refractivity contribution in [2.75, 3.05) is 6.54 Å². The van der Waals surface area contributed by atoms with Gasteiger partial charge in [0, 0.05) is 25.4 Å². The second-order valence-electron chi connectivity index (χ2n) is 4.24. The number of aryl methyl sites for hydroxylation is 2. The molecule has 0 aliphatic carbocycles. The average Bonchev–Trinajstić information content (AvgIpc) is 2.98. The van der Waals surface area contributed by atoms with Crippen LogP contribution in [0.5, 0.6) is 0 Å².